The van der Waals surface area contributed by atoms with Gasteiger partial charge in [-0.2, -0.15) is 0 Å². The molecule has 7 nitrogen and oxygen atoms in total. The lowest BCUT2D eigenvalue weighted by Gasteiger charge is -2.28. The van der Waals surface area contributed by atoms with Crippen molar-refractivity contribution in [3.05, 3.63) is 12.7 Å². The van der Waals surface area contributed by atoms with Crippen molar-refractivity contribution in [2.45, 2.75) is 63.8 Å². The number of β-amino-alcohol motifs (C(OH)–C–C–N with tert-alkyl or cyclic N) is 1. The fourth-order valence-electron chi connectivity index (χ4n) is 3.10. The first-order valence-corrected chi connectivity index (χ1v) is 8.13. The smallest absolute Gasteiger partial charge is 0.411 e. The van der Waals surface area contributed by atoms with Gasteiger partial charge in [0.25, 0.3) is 0 Å². The number of nitrogens with zero attached hydrogens (tertiary/aromatic N) is 1. The predicted molar refractivity (Wildman–Crippen MR) is 87.2 cm³/mol. The van der Waals surface area contributed by atoms with Crippen molar-refractivity contribution in [1.82, 2.24) is 10.2 Å². The number of ether oxygens (including phenoxy) is 1. The Balaban J connectivity index is 2.11. The molecule has 0 spiro atoms. The van der Waals surface area contributed by atoms with Crippen LogP contribution in [-0.4, -0.2) is 57.6 Å². The van der Waals surface area contributed by atoms with Crippen LogP contribution in [0, 0.1) is 5.92 Å². The number of carbonyl (C=O) groups is 3. The first-order chi connectivity index (χ1) is 11.0. The number of ketones is 1. The van der Waals surface area contributed by atoms with Crippen molar-refractivity contribution in [3.8, 4) is 0 Å². The van der Waals surface area contributed by atoms with E-state index in [9.17, 15) is 19.5 Å². The molecular formula is C17H26N2O5. The second kappa shape index (κ2) is 6.20. The molecule has 0 aromatic carbocycles. The van der Waals surface area contributed by atoms with Gasteiger partial charge in [-0.1, -0.05) is 6.08 Å². The Morgan fingerprint density at radius 1 is 1.38 bits per heavy atom. The molecule has 2 amide bonds. The third kappa shape index (κ3) is 3.61. The number of aliphatic hydroxyl groups excluding tert-OH is 1. The third-order valence-corrected chi connectivity index (χ3v) is 4.48. The van der Waals surface area contributed by atoms with Crippen LogP contribution in [0.5, 0.6) is 0 Å². The molecule has 1 unspecified atom stereocenters. The molecule has 1 heterocycles. The van der Waals surface area contributed by atoms with Crippen molar-refractivity contribution in [2.24, 2.45) is 5.92 Å². The first-order valence-electron chi connectivity index (χ1n) is 8.13. The van der Waals surface area contributed by atoms with E-state index in [-0.39, 0.29) is 24.7 Å². The Morgan fingerprint density at radius 3 is 2.46 bits per heavy atom. The summed E-state index contributed by atoms with van der Waals surface area (Å²) in [6.07, 6.45) is 0.844. The summed E-state index contributed by atoms with van der Waals surface area (Å²) in [6.45, 7) is 10.3. The zero-order valence-electron chi connectivity index (χ0n) is 14.7. The van der Waals surface area contributed by atoms with Crippen LogP contribution in [0.1, 0.15) is 40.5 Å². The highest BCUT2D eigenvalue weighted by Crippen LogP contribution is 2.45. The Kier molecular flexibility index (Phi) is 4.77. The van der Waals surface area contributed by atoms with Gasteiger partial charge in [-0.15, -0.1) is 6.58 Å². The van der Waals surface area contributed by atoms with Crippen LogP contribution in [0.15, 0.2) is 12.7 Å². The standard InChI is InChI=1S/C17H26N2O5/c1-6-11-8-17(11,10(2)20)18-14(22)13-7-12(21)9-19(13)15(23)24-16(3,4)5/h6,11-13,21H,1,7-9H2,2-5H3,(H,18,22)/t11?,12-,13+,17+/m1/s1. The lowest BCUT2D eigenvalue weighted by molar-refractivity contribution is -0.130. The molecule has 1 aliphatic heterocycles. The van der Waals surface area contributed by atoms with E-state index < -0.39 is 35.3 Å². The largest absolute Gasteiger partial charge is 0.444 e. The van der Waals surface area contributed by atoms with Gasteiger partial charge in [-0.05, 0) is 34.1 Å². The van der Waals surface area contributed by atoms with E-state index in [1.807, 2.05) is 0 Å². The molecule has 134 valence electrons. The number of hydrogen-bond donors (Lipinski definition) is 2. The van der Waals surface area contributed by atoms with Crippen molar-refractivity contribution < 1.29 is 24.2 Å². The predicted octanol–water partition coefficient (Wildman–Crippen LogP) is 1.01. The summed E-state index contributed by atoms with van der Waals surface area (Å²) in [4.78, 5) is 38.0. The molecule has 0 aromatic heterocycles. The van der Waals surface area contributed by atoms with Crippen LogP contribution < -0.4 is 5.32 Å². The van der Waals surface area contributed by atoms with Crippen molar-refractivity contribution >= 4 is 17.8 Å². The van der Waals surface area contributed by atoms with Gasteiger partial charge in [0.1, 0.15) is 17.2 Å². The highest BCUT2D eigenvalue weighted by atomic mass is 16.6. The minimum absolute atomic E-state index is 0.0327. The van der Waals surface area contributed by atoms with Crippen molar-refractivity contribution in [2.75, 3.05) is 6.54 Å². The Labute approximate surface area is 142 Å². The van der Waals surface area contributed by atoms with Gasteiger partial charge in [-0.25, -0.2) is 4.79 Å². The maximum absolute atomic E-state index is 12.6. The molecular weight excluding hydrogens is 312 g/mol. The molecule has 2 rings (SSSR count). The number of likely N-dealkylation sites (tertiary alicyclic amines) is 1. The molecule has 2 fully saturated rings. The molecule has 0 radical (unpaired) electrons. The van der Waals surface area contributed by atoms with Crippen molar-refractivity contribution in [1.29, 1.82) is 0 Å². The molecule has 1 saturated heterocycles. The normalized spacial score (nSPS) is 32.2. The third-order valence-electron chi connectivity index (χ3n) is 4.48. The molecule has 24 heavy (non-hydrogen) atoms. The lowest BCUT2D eigenvalue weighted by Crippen LogP contribution is -2.53. The highest BCUT2D eigenvalue weighted by molar-refractivity contribution is 5.97. The zero-order valence-corrected chi connectivity index (χ0v) is 14.7. The second-order valence-electron chi connectivity index (χ2n) is 7.60. The zero-order chi connectivity index (χ0) is 18.3. The number of Topliss-reactive ketones (excluding diaryl/α,β-unsaturated/α-hetero) is 1. The average molecular weight is 338 g/mol. The molecule has 7 heteroatoms. The maximum Gasteiger partial charge on any atom is 0.411 e. The van der Waals surface area contributed by atoms with E-state index in [4.69, 9.17) is 4.74 Å². The molecule has 0 aromatic rings. The first kappa shape index (κ1) is 18.4. The molecule has 0 bridgehead atoms. The summed E-state index contributed by atoms with van der Waals surface area (Å²) in [6, 6.07) is -0.850. The minimum Gasteiger partial charge on any atom is -0.444 e. The van der Waals surface area contributed by atoms with E-state index >= 15 is 0 Å². The number of nitrogens with one attached hydrogen (secondary N) is 1. The van der Waals surface area contributed by atoms with E-state index in [1.165, 1.54) is 11.8 Å². The van der Waals surface area contributed by atoms with Gasteiger partial charge in [0.2, 0.25) is 5.91 Å². The molecule has 2 N–H and O–H groups in total. The molecule has 1 aliphatic carbocycles. The van der Waals surface area contributed by atoms with E-state index in [0.717, 1.165) is 0 Å². The number of aliphatic hydroxyl groups is 1. The van der Waals surface area contributed by atoms with Gasteiger partial charge >= 0.3 is 6.09 Å². The number of hydrogen-bond acceptors (Lipinski definition) is 5. The van der Waals surface area contributed by atoms with Gasteiger partial charge < -0.3 is 15.2 Å². The van der Waals surface area contributed by atoms with Gasteiger partial charge in [0.15, 0.2) is 5.78 Å². The Morgan fingerprint density at radius 2 is 2.00 bits per heavy atom. The van der Waals surface area contributed by atoms with Crippen LogP contribution in [0.25, 0.3) is 0 Å². The number of rotatable bonds is 4. The Hall–Kier alpha value is -1.89. The van der Waals surface area contributed by atoms with E-state index in [2.05, 4.69) is 11.9 Å². The summed E-state index contributed by atoms with van der Waals surface area (Å²) < 4.78 is 5.30. The van der Waals surface area contributed by atoms with Crippen molar-refractivity contribution in [3.63, 3.8) is 0 Å². The monoisotopic (exact) mass is 338 g/mol. The number of carbonyl (C=O) groups excluding carboxylic acids is 3. The summed E-state index contributed by atoms with van der Waals surface area (Å²) >= 11 is 0. The fraction of sp³-hybridized carbons (Fsp3) is 0.706. The van der Waals surface area contributed by atoms with Crippen LogP contribution in [0.4, 0.5) is 4.79 Å². The van der Waals surface area contributed by atoms with Crippen LogP contribution in [0.3, 0.4) is 0 Å². The second-order valence-corrected chi connectivity index (χ2v) is 7.60. The lowest BCUT2D eigenvalue weighted by atomic mass is 10.1. The summed E-state index contributed by atoms with van der Waals surface area (Å²) in [5.41, 5.74) is -1.62. The van der Waals surface area contributed by atoms with Gasteiger partial charge in [-0.3, -0.25) is 14.5 Å². The Bertz CT molecular complexity index is 568. The summed E-state index contributed by atoms with van der Waals surface area (Å²) in [7, 11) is 0. The summed E-state index contributed by atoms with van der Waals surface area (Å²) in [5.74, 6) is -0.680. The molecule has 1 saturated carbocycles. The summed E-state index contributed by atoms with van der Waals surface area (Å²) in [5, 5.41) is 12.6. The molecule has 2 aliphatic rings. The van der Waals surface area contributed by atoms with Crippen LogP contribution in [-0.2, 0) is 14.3 Å². The minimum atomic E-state index is -0.925. The quantitative estimate of drug-likeness (QED) is 0.746. The fourth-order valence-corrected chi connectivity index (χ4v) is 3.10. The van der Waals surface area contributed by atoms with Crippen LogP contribution >= 0.6 is 0 Å². The SMILES string of the molecule is C=CC1C[C@]1(NC(=O)[C@@H]1C[C@@H](O)CN1C(=O)OC(C)(C)C)C(C)=O. The number of amides is 2. The van der Waals surface area contributed by atoms with Gasteiger partial charge in [0, 0.05) is 12.3 Å². The topological polar surface area (TPSA) is 95.9 Å². The highest BCUT2D eigenvalue weighted by Gasteiger charge is 2.58. The van der Waals surface area contributed by atoms with Gasteiger partial charge in [0.05, 0.1) is 12.6 Å². The van der Waals surface area contributed by atoms with E-state index in [1.54, 1.807) is 26.8 Å². The van der Waals surface area contributed by atoms with E-state index in [0.29, 0.717) is 6.42 Å². The average Bonchev–Trinajstić information content (AvgIpc) is 3.01. The maximum atomic E-state index is 12.6. The molecule has 4 atom stereocenters. The van der Waals surface area contributed by atoms with Crippen LogP contribution in [0.2, 0.25) is 0 Å².